The second kappa shape index (κ2) is 7.81. The number of benzene rings is 1. The zero-order valence-corrected chi connectivity index (χ0v) is 13.7. The molecule has 0 saturated carbocycles. The maximum atomic E-state index is 12.4. The van der Waals surface area contributed by atoms with E-state index in [1.807, 2.05) is 36.4 Å². The van der Waals surface area contributed by atoms with Gasteiger partial charge in [-0.15, -0.1) is 0 Å². The molecule has 2 N–H and O–H groups in total. The average molecular weight is 316 g/mol. The Bertz CT molecular complexity index is 576. The number of allylic oxidation sites excluding steroid dienone is 2. The third-order valence-corrected chi connectivity index (χ3v) is 4.35. The third kappa shape index (κ3) is 4.12. The van der Waals surface area contributed by atoms with Gasteiger partial charge in [-0.1, -0.05) is 12.2 Å². The third-order valence-electron chi connectivity index (χ3n) is 4.35. The first-order chi connectivity index (χ1) is 11.1. The lowest BCUT2D eigenvalue weighted by Gasteiger charge is -2.24. The summed E-state index contributed by atoms with van der Waals surface area (Å²) in [5.41, 5.74) is 1.81. The van der Waals surface area contributed by atoms with Gasteiger partial charge >= 0.3 is 5.97 Å². The quantitative estimate of drug-likeness (QED) is 0.791. The van der Waals surface area contributed by atoms with Crippen molar-refractivity contribution in [2.24, 2.45) is 11.8 Å². The highest BCUT2D eigenvalue weighted by Crippen LogP contribution is 2.27. The van der Waals surface area contributed by atoms with Crippen LogP contribution in [0.15, 0.2) is 36.4 Å². The van der Waals surface area contributed by atoms with Crippen molar-refractivity contribution in [1.82, 2.24) is 0 Å². The lowest BCUT2D eigenvalue weighted by atomic mass is 9.82. The van der Waals surface area contributed by atoms with Crippen molar-refractivity contribution < 1.29 is 14.7 Å². The molecule has 0 radical (unpaired) electrons. The fourth-order valence-corrected chi connectivity index (χ4v) is 2.96. The number of nitrogens with zero attached hydrogens (tertiary/aromatic N) is 1. The van der Waals surface area contributed by atoms with Crippen LogP contribution in [0.25, 0.3) is 0 Å². The highest BCUT2D eigenvalue weighted by atomic mass is 16.4. The predicted octanol–water partition coefficient (Wildman–Crippen LogP) is 3.14. The van der Waals surface area contributed by atoms with Gasteiger partial charge in [-0.05, 0) is 51.0 Å². The minimum absolute atomic E-state index is 0.225. The number of carbonyl (C=O) groups is 2. The Labute approximate surface area is 137 Å². The Morgan fingerprint density at radius 1 is 1.09 bits per heavy atom. The molecule has 1 amide bonds. The van der Waals surface area contributed by atoms with Gasteiger partial charge in [-0.25, -0.2) is 0 Å². The van der Waals surface area contributed by atoms with Gasteiger partial charge in [0.05, 0.1) is 11.8 Å². The van der Waals surface area contributed by atoms with Crippen LogP contribution in [-0.2, 0) is 9.59 Å². The summed E-state index contributed by atoms with van der Waals surface area (Å²) in [5, 5.41) is 12.1. The average Bonchev–Trinajstić information content (AvgIpc) is 2.57. The summed E-state index contributed by atoms with van der Waals surface area (Å²) >= 11 is 0. The molecule has 1 aliphatic rings. The molecule has 0 fully saturated rings. The van der Waals surface area contributed by atoms with Crippen LogP contribution in [0.1, 0.15) is 26.7 Å². The van der Waals surface area contributed by atoms with Crippen LogP contribution >= 0.6 is 0 Å². The SMILES string of the molecule is CCN(CC)c1ccc(NC(=O)[C@H]2CC=CC[C@H]2C(=O)O)cc1. The first-order valence-corrected chi connectivity index (χ1v) is 8.10. The van der Waals surface area contributed by atoms with Gasteiger partial charge in [0.15, 0.2) is 0 Å². The molecule has 124 valence electrons. The summed E-state index contributed by atoms with van der Waals surface area (Å²) in [5.74, 6) is -2.29. The smallest absolute Gasteiger partial charge is 0.307 e. The van der Waals surface area contributed by atoms with Gasteiger partial charge in [-0.3, -0.25) is 9.59 Å². The van der Waals surface area contributed by atoms with Gasteiger partial charge in [-0.2, -0.15) is 0 Å². The van der Waals surface area contributed by atoms with Crippen molar-refractivity contribution in [1.29, 1.82) is 0 Å². The molecule has 2 rings (SSSR count). The Morgan fingerprint density at radius 3 is 2.17 bits per heavy atom. The second-order valence-electron chi connectivity index (χ2n) is 5.70. The summed E-state index contributed by atoms with van der Waals surface area (Å²) < 4.78 is 0. The molecule has 1 aromatic rings. The van der Waals surface area contributed by atoms with Crippen LogP contribution < -0.4 is 10.2 Å². The van der Waals surface area contributed by atoms with E-state index in [-0.39, 0.29) is 5.91 Å². The fourth-order valence-electron chi connectivity index (χ4n) is 2.96. The summed E-state index contributed by atoms with van der Waals surface area (Å²) in [7, 11) is 0. The molecule has 5 nitrogen and oxygen atoms in total. The number of carboxylic acids is 1. The van der Waals surface area contributed by atoms with E-state index in [9.17, 15) is 14.7 Å². The summed E-state index contributed by atoms with van der Waals surface area (Å²) in [6.45, 7) is 6.05. The number of anilines is 2. The standard InChI is InChI=1S/C18H24N2O3/c1-3-20(4-2)14-11-9-13(10-12-14)19-17(21)15-7-5-6-8-16(15)18(22)23/h5-6,9-12,15-16H,3-4,7-8H2,1-2H3,(H,19,21)(H,22,23)/t15-,16+/m0/s1. The van der Waals surface area contributed by atoms with Gasteiger partial charge in [0.1, 0.15) is 0 Å². The normalized spacial score (nSPS) is 20.1. The van der Waals surface area contributed by atoms with Gasteiger partial charge in [0.25, 0.3) is 0 Å². The number of rotatable bonds is 6. The topological polar surface area (TPSA) is 69.6 Å². The van der Waals surface area contributed by atoms with Crippen molar-refractivity contribution in [3.05, 3.63) is 36.4 Å². The van der Waals surface area contributed by atoms with E-state index in [0.717, 1.165) is 18.8 Å². The fraction of sp³-hybridized carbons (Fsp3) is 0.444. The van der Waals surface area contributed by atoms with Gasteiger partial charge in [0.2, 0.25) is 5.91 Å². The minimum atomic E-state index is -0.911. The Hall–Kier alpha value is -2.30. The predicted molar refractivity (Wildman–Crippen MR) is 91.6 cm³/mol. The zero-order chi connectivity index (χ0) is 16.8. The molecular formula is C18H24N2O3. The molecule has 0 unspecified atom stereocenters. The first-order valence-electron chi connectivity index (χ1n) is 8.10. The Morgan fingerprint density at radius 2 is 1.65 bits per heavy atom. The molecule has 1 aliphatic carbocycles. The van der Waals surface area contributed by atoms with Crippen LogP contribution in [0.2, 0.25) is 0 Å². The van der Waals surface area contributed by atoms with Crippen LogP contribution in [0.4, 0.5) is 11.4 Å². The van der Waals surface area contributed by atoms with E-state index in [2.05, 4.69) is 24.1 Å². The van der Waals surface area contributed by atoms with Crippen LogP contribution in [-0.4, -0.2) is 30.1 Å². The molecular weight excluding hydrogens is 292 g/mol. The lowest BCUT2D eigenvalue weighted by Crippen LogP contribution is -2.34. The van der Waals surface area contributed by atoms with E-state index in [1.54, 1.807) is 0 Å². The first kappa shape index (κ1) is 17.1. The molecule has 23 heavy (non-hydrogen) atoms. The molecule has 2 atom stereocenters. The highest BCUT2D eigenvalue weighted by Gasteiger charge is 2.33. The van der Waals surface area contributed by atoms with Crippen molar-refractivity contribution in [3.8, 4) is 0 Å². The molecule has 0 aromatic heterocycles. The van der Waals surface area contributed by atoms with E-state index >= 15 is 0 Å². The molecule has 0 spiro atoms. The number of aliphatic carboxylic acids is 1. The molecule has 0 bridgehead atoms. The lowest BCUT2D eigenvalue weighted by molar-refractivity contribution is -0.146. The summed E-state index contributed by atoms with van der Waals surface area (Å²) in [6.07, 6.45) is 4.60. The largest absolute Gasteiger partial charge is 0.481 e. The number of amides is 1. The number of hydrogen-bond donors (Lipinski definition) is 2. The maximum Gasteiger partial charge on any atom is 0.307 e. The molecule has 5 heteroatoms. The second-order valence-corrected chi connectivity index (χ2v) is 5.70. The summed E-state index contributed by atoms with van der Waals surface area (Å²) in [4.78, 5) is 25.9. The van der Waals surface area contributed by atoms with Crippen molar-refractivity contribution in [2.75, 3.05) is 23.3 Å². The van der Waals surface area contributed by atoms with E-state index in [4.69, 9.17) is 0 Å². The number of carbonyl (C=O) groups excluding carboxylic acids is 1. The van der Waals surface area contributed by atoms with Gasteiger partial charge in [0, 0.05) is 24.5 Å². The van der Waals surface area contributed by atoms with Crippen LogP contribution in [0.3, 0.4) is 0 Å². The zero-order valence-electron chi connectivity index (χ0n) is 13.7. The van der Waals surface area contributed by atoms with Crippen molar-refractivity contribution in [2.45, 2.75) is 26.7 Å². The number of nitrogens with one attached hydrogen (secondary N) is 1. The van der Waals surface area contributed by atoms with Gasteiger partial charge < -0.3 is 15.3 Å². The molecule has 0 heterocycles. The Balaban J connectivity index is 2.05. The monoisotopic (exact) mass is 316 g/mol. The molecule has 0 aliphatic heterocycles. The molecule has 0 saturated heterocycles. The van der Waals surface area contributed by atoms with E-state index in [1.165, 1.54) is 0 Å². The van der Waals surface area contributed by atoms with E-state index < -0.39 is 17.8 Å². The van der Waals surface area contributed by atoms with Crippen molar-refractivity contribution in [3.63, 3.8) is 0 Å². The Kier molecular flexibility index (Phi) is 5.79. The molecule has 1 aromatic carbocycles. The highest BCUT2D eigenvalue weighted by molar-refractivity contribution is 5.95. The number of hydrogen-bond acceptors (Lipinski definition) is 3. The number of carboxylic acid groups (broad SMARTS) is 1. The van der Waals surface area contributed by atoms with Crippen LogP contribution in [0.5, 0.6) is 0 Å². The maximum absolute atomic E-state index is 12.4. The minimum Gasteiger partial charge on any atom is -0.481 e. The summed E-state index contributed by atoms with van der Waals surface area (Å²) in [6, 6.07) is 7.66. The van der Waals surface area contributed by atoms with E-state index in [0.29, 0.717) is 18.5 Å². The van der Waals surface area contributed by atoms with Crippen molar-refractivity contribution >= 4 is 23.3 Å². The van der Waals surface area contributed by atoms with Crippen LogP contribution in [0, 0.1) is 11.8 Å².